The van der Waals surface area contributed by atoms with Crippen molar-refractivity contribution in [2.24, 2.45) is 0 Å². The number of benzene rings is 6. The summed E-state index contributed by atoms with van der Waals surface area (Å²) in [6.07, 6.45) is 0. The Morgan fingerprint density at radius 1 is 0.571 bits per heavy atom. The summed E-state index contributed by atoms with van der Waals surface area (Å²) in [5.74, 6) is 1.64. The zero-order chi connectivity index (χ0) is 33.1. The molecule has 0 atom stereocenters. The van der Waals surface area contributed by atoms with E-state index in [9.17, 15) is 4.79 Å². The van der Waals surface area contributed by atoms with Gasteiger partial charge in [-0.3, -0.25) is 13.9 Å². The molecule has 0 aliphatic heterocycles. The fraction of sp³-hybridized carbons (Fsp3) is 0.0233. The van der Waals surface area contributed by atoms with E-state index in [-0.39, 0.29) is 5.56 Å². The lowest BCUT2D eigenvalue weighted by Gasteiger charge is -2.19. The van der Waals surface area contributed by atoms with Gasteiger partial charge in [0.25, 0.3) is 5.56 Å². The zero-order valence-corrected chi connectivity index (χ0v) is 26.7. The Morgan fingerprint density at radius 3 is 1.73 bits per heavy atom. The lowest BCUT2D eigenvalue weighted by atomic mass is 9.98. The number of hydrogen-bond donors (Lipinski definition) is 0. The Hall–Kier alpha value is -6.66. The summed E-state index contributed by atoms with van der Waals surface area (Å²) in [7, 11) is 0. The summed E-state index contributed by atoms with van der Waals surface area (Å²) in [6.45, 7) is 6.54. The first-order valence-electron chi connectivity index (χ1n) is 16.2. The molecular formula is C43H29N5O. The Labute approximate surface area is 281 Å². The standard InChI is InChI=1S/C43H29N5O/c1-27-26-35-32-22-14-15-25-36(32)48(43-45-40(30-18-8-4-9-19-30)44-41(46-43)31-20-10-5-11-21-31)39(35)37-33-23-12-13-24-34(33)42(49)47(38(27)37)28(2)29-16-6-3-7-17-29/h3-26H,2H2,1H3. The molecule has 6 aromatic carbocycles. The summed E-state index contributed by atoms with van der Waals surface area (Å²) < 4.78 is 3.92. The Bertz CT molecular complexity index is 2740. The predicted molar refractivity (Wildman–Crippen MR) is 200 cm³/mol. The van der Waals surface area contributed by atoms with Crippen molar-refractivity contribution in [2.45, 2.75) is 6.92 Å². The van der Waals surface area contributed by atoms with Gasteiger partial charge in [-0.05, 0) is 41.6 Å². The molecule has 3 heterocycles. The smallest absolute Gasteiger partial charge is 0.263 e. The second-order valence-electron chi connectivity index (χ2n) is 12.2. The van der Waals surface area contributed by atoms with Crippen molar-refractivity contribution in [1.29, 1.82) is 0 Å². The minimum Gasteiger partial charge on any atom is -0.277 e. The Kier molecular flexibility index (Phi) is 6.55. The molecule has 0 radical (unpaired) electrons. The lowest BCUT2D eigenvalue weighted by molar-refractivity contribution is 0.955. The zero-order valence-electron chi connectivity index (χ0n) is 26.7. The second-order valence-corrected chi connectivity index (χ2v) is 12.2. The third-order valence-electron chi connectivity index (χ3n) is 9.24. The van der Waals surface area contributed by atoms with E-state index in [4.69, 9.17) is 15.0 Å². The van der Waals surface area contributed by atoms with Crippen molar-refractivity contribution in [3.63, 3.8) is 0 Å². The molecule has 0 spiro atoms. The molecule has 0 unspecified atom stereocenters. The van der Waals surface area contributed by atoms with Crippen LogP contribution in [0, 0.1) is 6.92 Å². The molecule has 0 saturated carbocycles. The van der Waals surface area contributed by atoms with Crippen LogP contribution in [0.1, 0.15) is 11.1 Å². The fourth-order valence-corrected chi connectivity index (χ4v) is 7.03. The molecular weight excluding hydrogens is 603 g/mol. The second kappa shape index (κ2) is 11.2. The monoisotopic (exact) mass is 631 g/mol. The molecule has 0 bridgehead atoms. The van der Waals surface area contributed by atoms with Crippen LogP contribution in [-0.2, 0) is 0 Å². The lowest BCUT2D eigenvalue weighted by Crippen LogP contribution is -2.21. The maximum atomic E-state index is 14.4. The molecule has 49 heavy (non-hydrogen) atoms. The van der Waals surface area contributed by atoms with Gasteiger partial charge in [-0.15, -0.1) is 0 Å². The summed E-state index contributed by atoms with van der Waals surface area (Å²) in [5.41, 5.74) is 6.80. The van der Waals surface area contributed by atoms with Crippen molar-refractivity contribution in [2.75, 3.05) is 0 Å². The van der Waals surface area contributed by atoms with E-state index in [1.807, 2.05) is 121 Å². The molecule has 0 amide bonds. The molecule has 6 nitrogen and oxygen atoms in total. The highest BCUT2D eigenvalue weighted by molar-refractivity contribution is 6.25. The van der Waals surface area contributed by atoms with Crippen LogP contribution < -0.4 is 5.56 Å². The van der Waals surface area contributed by atoms with E-state index in [2.05, 4.69) is 42.3 Å². The van der Waals surface area contributed by atoms with E-state index in [1.165, 1.54) is 0 Å². The number of pyridine rings is 1. The first-order chi connectivity index (χ1) is 24.1. The molecule has 0 aliphatic rings. The third-order valence-corrected chi connectivity index (χ3v) is 9.24. The molecule has 6 heteroatoms. The van der Waals surface area contributed by atoms with Crippen molar-refractivity contribution in [3.8, 4) is 28.7 Å². The van der Waals surface area contributed by atoms with Crippen LogP contribution in [0.15, 0.2) is 157 Å². The van der Waals surface area contributed by atoms with Gasteiger partial charge >= 0.3 is 0 Å². The molecule has 9 rings (SSSR count). The Balaban J connectivity index is 1.49. The number of hydrogen-bond acceptors (Lipinski definition) is 4. The van der Waals surface area contributed by atoms with Crippen LogP contribution in [0.3, 0.4) is 0 Å². The van der Waals surface area contributed by atoms with Gasteiger partial charge in [0, 0.05) is 38.4 Å². The maximum Gasteiger partial charge on any atom is 0.263 e. The first kappa shape index (κ1) is 28.6. The van der Waals surface area contributed by atoms with Gasteiger partial charge in [-0.25, -0.2) is 4.98 Å². The molecule has 9 aromatic rings. The molecule has 3 aromatic heterocycles. The SMILES string of the molecule is C=C(c1ccccc1)n1c(=O)c2ccccc2c2c1c(C)cc1c3ccccc3n(-c3nc(-c4ccccc4)nc(-c4ccccc4)n3)c12. The van der Waals surface area contributed by atoms with Gasteiger partial charge in [0.05, 0.1) is 16.6 Å². The fourth-order valence-electron chi connectivity index (χ4n) is 7.03. The summed E-state index contributed by atoms with van der Waals surface area (Å²) >= 11 is 0. The number of aromatic nitrogens is 5. The summed E-state index contributed by atoms with van der Waals surface area (Å²) in [6, 6.07) is 48.2. The van der Waals surface area contributed by atoms with E-state index < -0.39 is 0 Å². The first-order valence-corrected chi connectivity index (χ1v) is 16.2. The van der Waals surface area contributed by atoms with Crippen molar-refractivity contribution in [1.82, 2.24) is 24.1 Å². The van der Waals surface area contributed by atoms with Crippen molar-refractivity contribution < 1.29 is 0 Å². The highest BCUT2D eigenvalue weighted by Crippen LogP contribution is 2.41. The number of para-hydroxylation sites is 1. The van der Waals surface area contributed by atoms with E-state index >= 15 is 0 Å². The highest BCUT2D eigenvalue weighted by Gasteiger charge is 2.24. The van der Waals surface area contributed by atoms with E-state index in [0.29, 0.717) is 28.7 Å². The van der Waals surface area contributed by atoms with Gasteiger partial charge in [0.2, 0.25) is 5.95 Å². The number of aryl methyl sites for hydroxylation is 1. The summed E-state index contributed by atoms with van der Waals surface area (Å²) in [4.78, 5) is 29.7. The van der Waals surface area contributed by atoms with E-state index in [0.717, 1.165) is 60.3 Å². The van der Waals surface area contributed by atoms with Crippen LogP contribution in [0.4, 0.5) is 0 Å². The minimum atomic E-state index is -0.111. The third kappa shape index (κ3) is 4.49. The largest absolute Gasteiger partial charge is 0.277 e. The van der Waals surface area contributed by atoms with Crippen molar-refractivity contribution in [3.05, 3.63) is 174 Å². The van der Waals surface area contributed by atoms with Crippen molar-refractivity contribution >= 4 is 49.2 Å². The number of rotatable bonds is 5. The van der Waals surface area contributed by atoms with Crippen LogP contribution in [-0.4, -0.2) is 24.1 Å². The molecule has 0 fully saturated rings. The number of fused-ring (bicyclic) bond motifs is 7. The highest BCUT2D eigenvalue weighted by atomic mass is 16.1. The van der Waals surface area contributed by atoms with Gasteiger partial charge < -0.3 is 0 Å². The normalized spacial score (nSPS) is 11.5. The topological polar surface area (TPSA) is 65.6 Å². The molecule has 0 saturated heterocycles. The summed E-state index contributed by atoms with van der Waals surface area (Å²) in [5, 5.41) is 4.51. The number of nitrogens with zero attached hydrogens (tertiary/aromatic N) is 5. The van der Waals surface area contributed by atoms with Gasteiger partial charge in [0.15, 0.2) is 11.6 Å². The average Bonchev–Trinajstić information content (AvgIpc) is 3.49. The van der Waals surface area contributed by atoms with Crippen LogP contribution in [0.2, 0.25) is 0 Å². The molecule has 232 valence electrons. The van der Waals surface area contributed by atoms with E-state index in [1.54, 1.807) is 4.57 Å². The van der Waals surface area contributed by atoms with Crippen LogP contribution in [0.25, 0.3) is 77.9 Å². The molecule has 0 N–H and O–H groups in total. The van der Waals surface area contributed by atoms with Gasteiger partial charge in [-0.2, -0.15) is 9.97 Å². The Morgan fingerprint density at radius 2 is 1.10 bits per heavy atom. The van der Waals surface area contributed by atoms with Crippen LogP contribution in [0.5, 0.6) is 0 Å². The minimum absolute atomic E-state index is 0.111. The predicted octanol–water partition coefficient (Wildman–Crippen LogP) is 9.60. The van der Waals surface area contributed by atoms with Crippen LogP contribution >= 0.6 is 0 Å². The van der Waals surface area contributed by atoms with Gasteiger partial charge in [0.1, 0.15) is 0 Å². The maximum absolute atomic E-state index is 14.4. The van der Waals surface area contributed by atoms with Gasteiger partial charge in [-0.1, -0.05) is 134 Å². The average molecular weight is 632 g/mol. The molecule has 0 aliphatic carbocycles. The quantitative estimate of drug-likeness (QED) is 0.178.